The summed E-state index contributed by atoms with van der Waals surface area (Å²) in [7, 11) is -6.99. The SMILES string of the molecule is CCN(CC)S(=O)(=O)c1ccc(Oc2ccccc2)c(NC(=O)C2CCS(=O)(=O)C2)c1. The van der Waals surface area contributed by atoms with Crippen molar-refractivity contribution in [1.29, 1.82) is 0 Å². The third-order valence-corrected chi connectivity index (χ3v) is 8.94. The lowest BCUT2D eigenvalue weighted by molar-refractivity contribution is -0.119. The molecule has 0 saturated carbocycles. The normalized spacial score (nSPS) is 18.1. The van der Waals surface area contributed by atoms with Crippen LogP contribution in [0.4, 0.5) is 5.69 Å². The van der Waals surface area contributed by atoms with Gasteiger partial charge in [-0.3, -0.25) is 4.79 Å². The van der Waals surface area contributed by atoms with Crippen molar-refractivity contribution in [2.45, 2.75) is 25.2 Å². The monoisotopic (exact) mass is 466 g/mol. The van der Waals surface area contributed by atoms with Crippen molar-refractivity contribution in [3.05, 3.63) is 48.5 Å². The molecule has 8 nitrogen and oxygen atoms in total. The second-order valence-electron chi connectivity index (χ2n) is 7.25. The van der Waals surface area contributed by atoms with Crippen LogP contribution in [0.5, 0.6) is 11.5 Å². The fraction of sp³-hybridized carbons (Fsp3) is 0.381. The first-order valence-electron chi connectivity index (χ1n) is 10.0. The number of para-hydroxylation sites is 1. The lowest BCUT2D eigenvalue weighted by Crippen LogP contribution is -2.30. The first-order valence-corrected chi connectivity index (χ1v) is 13.3. The number of ether oxygens (including phenoxy) is 1. The molecule has 1 saturated heterocycles. The van der Waals surface area contributed by atoms with Gasteiger partial charge in [-0.15, -0.1) is 0 Å². The number of hydrogen-bond donors (Lipinski definition) is 1. The number of sulfone groups is 1. The van der Waals surface area contributed by atoms with E-state index in [0.717, 1.165) is 0 Å². The Balaban J connectivity index is 1.96. The third-order valence-electron chi connectivity index (χ3n) is 5.13. The van der Waals surface area contributed by atoms with E-state index in [9.17, 15) is 21.6 Å². The molecule has 0 aliphatic carbocycles. The summed E-state index contributed by atoms with van der Waals surface area (Å²) in [6, 6.07) is 13.1. The van der Waals surface area contributed by atoms with Crippen LogP contribution < -0.4 is 10.1 Å². The summed E-state index contributed by atoms with van der Waals surface area (Å²) in [4.78, 5) is 12.7. The number of anilines is 1. The van der Waals surface area contributed by atoms with Crippen LogP contribution in [-0.4, -0.2) is 51.6 Å². The lowest BCUT2D eigenvalue weighted by Gasteiger charge is -2.20. The van der Waals surface area contributed by atoms with Gasteiger partial charge in [0, 0.05) is 13.1 Å². The highest BCUT2D eigenvalue weighted by atomic mass is 32.2. The number of nitrogens with one attached hydrogen (secondary N) is 1. The van der Waals surface area contributed by atoms with Crippen LogP contribution in [-0.2, 0) is 24.7 Å². The molecule has 1 amide bonds. The standard InChI is InChI=1S/C21H26N2O6S2/c1-3-23(4-2)31(27,28)18-10-11-20(29-17-8-6-5-7-9-17)19(14-18)22-21(24)16-12-13-30(25,26)15-16/h5-11,14,16H,3-4,12-13,15H2,1-2H3,(H,22,24). The summed E-state index contributed by atoms with van der Waals surface area (Å²) in [5.74, 6) is -0.631. The molecule has 1 unspecified atom stereocenters. The van der Waals surface area contributed by atoms with Crippen molar-refractivity contribution in [3.8, 4) is 11.5 Å². The molecule has 0 aromatic heterocycles. The van der Waals surface area contributed by atoms with E-state index in [-0.39, 0.29) is 34.3 Å². The predicted octanol–water partition coefficient (Wildman–Crippen LogP) is 2.88. The molecular formula is C21H26N2O6S2. The molecule has 1 aliphatic rings. The number of rotatable bonds is 8. The van der Waals surface area contributed by atoms with Gasteiger partial charge in [-0.25, -0.2) is 16.8 Å². The van der Waals surface area contributed by atoms with Gasteiger partial charge in [-0.2, -0.15) is 4.31 Å². The Morgan fingerprint density at radius 2 is 1.81 bits per heavy atom. The second kappa shape index (κ2) is 9.37. The first-order chi connectivity index (χ1) is 14.7. The molecule has 2 aromatic rings. The topological polar surface area (TPSA) is 110 Å². The Kier molecular flexibility index (Phi) is 7.03. The molecule has 1 fully saturated rings. The van der Waals surface area contributed by atoms with Crippen LogP contribution in [0, 0.1) is 5.92 Å². The van der Waals surface area contributed by atoms with Gasteiger partial charge in [-0.1, -0.05) is 32.0 Å². The Morgan fingerprint density at radius 3 is 2.39 bits per heavy atom. The number of benzene rings is 2. The maximum atomic E-state index is 12.9. The van der Waals surface area contributed by atoms with Crippen LogP contribution in [0.2, 0.25) is 0 Å². The molecule has 1 atom stereocenters. The van der Waals surface area contributed by atoms with Gasteiger partial charge < -0.3 is 10.1 Å². The van der Waals surface area contributed by atoms with Gasteiger partial charge in [0.2, 0.25) is 15.9 Å². The quantitative estimate of drug-likeness (QED) is 0.641. The molecule has 1 heterocycles. The first kappa shape index (κ1) is 23.2. The van der Waals surface area contributed by atoms with Crippen LogP contribution in [0.25, 0.3) is 0 Å². The van der Waals surface area contributed by atoms with E-state index in [1.165, 1.54) is 22.5 Å². The van der Waals surface area contributed by atoms with Gasteiger partial charge in [0.25, 0.3) is 0 Å². The van der Waals surface area contributed by atoms with Crippen LogP contribution in [0.3, 0.4) is 0 Å². The minimum Gasteiger partial charge on any atom is -0.455 e. The van der Waals surface area contributed by atoms with E-state index in [1.807, 2.05) is 6.07 Å². The molecule has 1 N–H and O–H groups in total. The van der Waals surface area contributed by atoms with E-state index in [0.29, 0.717) is 18.8 Å². The minimum atomic E-state index is -3.76. The molecule has 2 aromatic carbocycles. The summed E-state index contributed by atoms with van der Waals surface area (Å²) in [5, 5.41) is 2.69. The van der Waals surface area contributed by atoms with Crippen molar-refractivity contribution in [3.63, 3.8) is 0 Å². The van der Waals surface area contributed by atoms with Crippen LogP contribution in [0.1, 0.15) is 20.3 Å². The zero-order chi connectivity index (χ0) is 22.6. The van der Waals surface area contributed by atoms with E-state index in [4.69, 9.17) is 4.74 Å². The zero-order valence-electron chi connectivity index (χ0n) is 17.4. The Bertz CT molecular complexity index is 1140. The van der Waals surface area contributed by atoms with Crippen molar-refractivity contribution in [2.75, 3.05) is 29.9 Å². The average Bonchev–Trinajstić information content (AvgIpc) is 3.10. The average molecular weight is 467 g/mol. The van der Waals surface area contributed by atoms with Crippen molar-refractivity contribution in [1.82, 2.24) is 4.31 Å². The highest BCUT2D eigenvalue weighted by Crippen LogP contribution is 2.33. The van der Waals surface area contributed by atoms with E-state index in [2.05, 4.69) is 5.32 Å². The van der Waals surface area contributed by atoms with Gasteiger partial charge >= 0.3 is 0 Å². The maximum Gasteiger partial charge on any atom is 0.243 e. The molecule has 1 aliphatic heterocycles. The fourth-order valence-electron chi connectivity index (χ4n) is 3.42. The fourth-order valence-corrected chi connectivity index (χ4v) is 6.65. The zero-order valence-corrected chi connectivity index (χ0v) is 19.1. The summed E-state index contributed by atoms with van der Waals surface area (Å²) in [5.41, 5.74) is 0.173. The molecule has 0 bridgehead atoms. The Labute approximate surface area is 183 Å². The summed E-state index contributed by atoms with van der Waals surface area (Å²) in [6.07, 6.45) is 0.237. The molecule has 0 spiro atoms. The summed E-state index contributed by atoms with van der Waals surface area (Å²) >= 11 is 0. The number of amides is 1. The molecule has 10 heteroatoms. The molecule has 3 rings (SSSR count). The summed E-state index contributed by atoms with van der Waals surface area (Å²) < 4.78 is 56.5. The van der Waals surface area contributed by atoms with Crippen molar-refractivity contribution >= 4 is 31.5 Å². The smallest absolute Gasteiger partial charge is 0.243 e. The van der Waals surface area contributed by atoms with E-state index >= 15 is 0 Å². The highest BCUT2D eigenvalue weighted by molar-refractivity contribution is 7.91. The number of nitrogens with zero attached hydrogens (tertiary/aromatic N) is 1. The van der Waals surface area contributed by atoms with Gasteiger partial charge in [-0.05, 0) is 36.8 Å². The number of carbonyl (C=O) groups is 1. The molecule has 168 valence electrons. The van der Waals surface area contributed by atoms with Crippen molar-refractivity contribution in [2.24, 2.45) is 5.92 Å². The molecular weight excluding hydrogens is 440 g/mol. The largest absolute Gasteiger partial charge is 0.455 e. The maximum absolute atomic E-state index is 12.9. The Morgan fingerprint density at radius 1 is 1.13 bits per heavy atom. The molecule has 0 radical (unpaired) electrons. The third kappa shape index (κ3) is 5.44. The molecule has 31 heavy (non-hydrogen) atoms. The summed E-state index contributed by atoms with van der Waals surface area (Å²) in [6.45, 7) is 4.11. The van der Waals surface area contributed by atoms with E-state index < -0.39 is 31.7 Å². The lowest BCUT2D eigenvalue weighted by atomic mass is 10.1. The second-order valence-corrected chi connectivity index (χ2v) is 11.4. The predicted molar refractivity (Wildman–Crippen MR) is 118 cm³/mol. The minimum absolute atomic E-state index is 0.0194. The number of hydrogen-bond acceptors (Lipinski definition) is 6. The highest BCUT2D eigenvalue weighted by Gasteiger charge is 2.33. The van der Waals surface area contributed by atoms with Gasteiger partial charge in [0.15, 0.2) is 15.6 Å². The number of sulfonamides is 1. The van der Waals surface area contributed by atoms with Gasteiger partial charge in [0.1, 0.15) is 5.75 Å². The van der Waals surface area contributed by atoms with Crippen LogP contribution >= 0.6 is 0 Å². The Hall–Kier alpha value is -2.43. The van der Waals surface area contributed by atoms with Gasteiger partial charge in [0.05, 0.1) is 28.0 Å². The van der Waals surface area contributed by atoms with Crippen LogP contribution in [0.15, 0.2) is 53.4 Å². The van der Waals surface area contributed by atoms with E-state index in [1.54, 1.807) is 38.1 Å². The van der Waals surface area contributed by atoms with Crippen molar-refractivity contribution < 1.29 is 26.4 Å². The number of carbonyl (C=O) groups excluding carboxylic acids is 1.